The lowest BCUT2D eigenvalue weighted by Gasteiger charge is -2.48. The van der Waals surface area contributed by atoms with Gasteiger partial charge in [0.25, 0.3) is 0 Å². The highest BCUT2D eigenvalue weighted by atomic mass is 32.1. The lowest BCUT2D eigenvalue weighted by Crippen LogP contribution is -2.63. The third kappa shape index (κ3) is 2.86. The zero-order valence-electron chi connectivity index (χ0n) is 11.9. The van der Waals surface area contributed by atoms with Crippen molar-refractivity contribution >= 4 is 11.3 Å². The number of nitrogens with zero attached hydrogens (tertiary/aromatic N) is 2. The van der Waals surface area contributed by atoms with Crippen molar-refractivity contribution in [2.45, 2.75) is 63.6 Å². The fraction of sp³-hybridized carbons (Fsp3) is 0.800. The summed E-state index contributed by atoms with van der Waals surface area (Å²) in [6, 6.07) is 0.677. The summed E-state index contributed by atoms with van der Waals surface area (Å²) in [5.41, 5.74) is 0.426. The van der Waals surface area contributed by atoms with E-state index in [4.69, 9.17) is 0 Å². The smallest absolute Gasteiger partial charge is 0.107 e. The molecule has 1 aliphatic carbocycles. The number of hydrogen-bond donors (Lipinski definition) is 1. The first-order valence-electron chi connectivity index (χ1n) is 7.69. The Kier molecular flexibility index (Phi) is 4.20. The second-order valence-electron chi connectivity index (χ2n) is 6.10. The molecular weight excluding hydrogens is 254 g/mol. The summed E-state index contributed by atoms with van der Waals surface area (Å²) in [4.78, 5) is 7.24. The Bertz CT molecular complexity index is 384. The second kappa shape index (κ2) is 5.90. The molecule has 19 heavy (non-hydrogen) atoms. The molecule has 106 valence electrons. The van der Waals surface area contributed by atoms with Gasteiger partial charge in [0.05, 0.1) is 6.54 Å². The van der Waals surface area contributed by atoms with Gasteiger partial charge in [-0.3, -0.25) is 4.90 Å². The maximum Gasteiger partial charge on any atom is 0.107 e. The van der Waals surface area contributed by atoms with Gasteiger partial charge in [0, 0.05) is 36.2 Å². The third-order valence-corrected chi connectivity index (χ3v) is 5.58. The van der Waals surface area contributed by atoms with Crippen LogP contribution in [0.3, 0.4) is 0 Å². The number of piperazine rings is 1. The zero-order chi connectivity index (χ0) is 13.1. The van der Waals surface area contributed by atoms with Gasteiger partial charge in [0.15, 0.2) is 0 Å². The molecule has 1 saturated carbocycles. The van der Waals surface area contributed by atoms with Gasteiger partial charge in [-0.1, -0.05) is 26.2 Å². The molecule has 1 unspecified atom stereocenters. The minimum Gasteiger partial charge on any atom is -0.311 e. The van der Waals surface area contributed by atoms with Crippen molar-refractivity contribution in [1.82, 2.24) is 15.2 Å². The molecule has 0 radical (unpaired) electrons. The summed E-state index contributed by atoms with van der Waals surface area (Å²) in [5.74, 6) is 0. The van der Waals surface area contributed by atoms with Gasteiger partial charge in [-0.05, 0) is 19.3 Å². The van der Waals surface area contributed by atoms with E-state index in [1.807, 2.05) is 6.20 Å². The van der Waals surface area contributed by atoms with Crippen LogP contribution in [0.25, 0.3) is 0 Å². The van der Waals surface area contributed by atoms with Crippen molar-refractivity contribution in [1.29, 1.82) is 0 Å². The van der Waals surface area contributed by atoms with E-state index in [0.29, 0.717) is 11.6 Å². The van der Waals surface area contributed by atoms with Crippen molar-refractivity contribution in [2.24, 2.45) is 0 Å². The van der Waals surface area contributed by atoms with Crippen molar-refractivity contribution in [3.05, 3.63) is 16.6 Å². The molecule has 1 atom stereocenters. The van der Waals surface area contributed by atoms with Gasteiger partial charge in [-0.25, -0.2) is 4.98 Å². The van der Waals surface area contributed by atoms with Crippen LogP contribution in [0.1, 0.15) is 50.5 Å². The Morgan fingerprint density at radius 2 is 2.32 bits per heavy atom. The number of rotatable bonds is 4. The molecule has 2 heterocycles. The zero-order valence-corrected chi connectivity index (χ0v) is 12.7. The molecule has 3 rings (SSSR count). The molecule has 3 nitrogen and oxygen atoms in total. The van der Waals surface area contributed by atoms with Crippen molar-refractivity contribution < 1.29 is 0 Å². The molecule has 1 aromatic rings. The Labute approximate surface area is 120 Å². The maximum atomic E-state index is 4.49. The van der Waals surface area contributed by atoms with Crippen LogP contribution >= 0.6 is 11.3 Å². The summed E-state index contributed by atoms with van der Waals surface area (Å²) in [6.45, 7) is 5.73. The van der Waals surface area contributed by atoms with Gasteiger partial charge in [0.2, 0.25) is 0 Å². The molecule has 2 aliphatic rings. The highest BCUT2D eigenvalue weighted by molar-refractivity contribution is 7.09. The van der Waals surface area contributed by atoms with Crippen LogP contribution in [0, 0.1) is 0 Å². The SMILES string of the molecule is CCCC1CN(Cc2nccs2)C2(CCCC2)CN1. The van der Waals surface area contributed by atoms with E-state index >= 15 is 0 Å². The third-order valence-electron chi connectivity index (χ3n) is 4.81. The molecule has 1 saturated heterocycles. The predicted octanol–water partition coefficient (Wildman–Crippen LogP) is 3.03. The van der Waals surface area contributed by atoms with Crippen molar-refractivity contribution in [3.63, 3.8) is 0 Å². The van der Waals surface area contributed by atoms with Gasteiger partial charge in [-0.15, -0.1) is 11.3 Å². The molecule has 4 heteroatoms. The molecule has 1 aliphatic heterocycles. The summed E-state index contributed by atoms with van der Waals surface area (Å²) in [6.07, 6.45) is 10.0. The summed E-state index contributed by atoms with van der Waals surface area (Å²) >= 11 is 1.80. The van der Waals surface area contributed by atoms with Crippen molar-refractivity contribution in [3.8, 4) is 0 Å². The van der Waals surface area contributed by atoms with E-state index in [1.54, 1.807) is 11.3 Å². The number of hydrogen-bond acceptors (Lipinski definition) is 4. The van der Waals surface area contributed by atoms with Crippen LogP contribution in [0.5, 0.6) is 0 Å². The average molecular weight is 279 g/mol. The molecular formula is C15H25N3S. The molecule has 0 bridgehead atoms. The lowest BCUT2D eigenvalue weighted by molar-refractivity contribution is 0.0337. The Morgan fingerprint density at radius 3 is 3.00 bits per heavy atom. The summed E-state index contributed by atoms with van der Waals surface area (Å²) < 4.78 is 0. The van der Waals surface area contributed by atoms with E-state index in [9.17, 15) is 0 Å². The molecule has 1 spiro atoms. The Balaban J connectivity index is 1.73. The van der Waals surface area contributed by atoms with Gasteiger partial charge in [-0.2, -0.15) is 0 Å². The quantitative estimate of drug-likeness (QED) is 0.918. The molecule has 2 fully saturated rings. The molecule has 1 aromatic heterocycles. The summed E-state index contributed by atoms with van der Waals surface area (Å²) in [5, 5.41) is 7.18. The first kappa shape index (κ1) is 13.5. The predicted molar refractivity (Wildman–Crippen MR) is 80.4 cm³/mol. The van der Waals surface area contributed by atoms with E-state index in [0.717, 1.165) is 6.54 Å². The minimum absolute atomic E-state index is 0.426. The van der Waals surface area contributed by atoms with E-state index in [2.05, 4.69) is 27.5 Å². The van der Waals surface area contributed by atoms with Crippen LogP contribution in [0.2, 0.25) is 0 Å². The van der Waals surface area contributed by atoms with Gasteiger partial charge in [0.1, 0.15) is 5.01 Å². The van der Waals surface area contributed by atoms with Crippen LogP contribution < -0.4 is 5.32 Å². The monoisotopic (exact) mass is 279 g/mol. The lowest BCUT2D eigenvalue weighted by atomic mass is 9.90. The van der Waals surface area contributed by atoms with Crippen molar-refractivity contribution in [2.75, 3.05) is 13.1 Å². The first-order valence-corrected chi connectivity index (χ1v) is 8.57. The topological polar surface area (TPSA) is 28.2 Å². The molecule has 0 amide bonds. The fourth-order valence-electron chi connectivity index (χ4n) is 3.76. The van der Waals surface area contributed by atoms with Crippen LogP contribution in [0.4, 0.5) is 0 Å². The Morgan fingerprint density at radius 1 is 1.47 bits per heavy atom. The minimum atomic E-state index is 0.426. The molecule has 0 aromatic carbocycles. The van der Waals surface area contributed by atoms with Crippen LogP contribution in [-0.2, 0) is 6.54 Å². The fourth-order valence-corrected chi connectivity index (χ4v) is 4.40. The van der Waals surface area contributed by atoms with E-state index in [-0.39, 0.29) is 0 Å². The molecule has 1 N–H and O–H groups in total. The average Bonchev–Trinajstić information content (AvgIpc) is 3.06. The number of thiazole rings is 1. The van der Waals surface area contributed by atoms with Crippen LogP contribution in [-0.4, -0.2) is 34.6 Å². The largest absolute Gasteiger partial charge is 0.311 e. The number of nitrogens with one attached hydrogen (secondary N) is 1. The summed E-state index contributed by atoms with van der Waals surface area (Å²) in [7, 11) is 0. The van der Waals surface area contributed by atoms with Gasteiger partial charge >= 0.3 is 0 Å². The van der Waals surface area contributed by atoms with Gasteiger partial charge < -0.3 is 5.32 Å². The first-order chi connectivity index (χ1) is 9.32. The van der Waals surface area contributed by atoms with E-state index in [1.165, 1.54) is 56.6 Å². The normalized spacial score (nSPS) is 27.1. The number of aromatic nitrogens is 1. The Hall–Kier alpha value is -0.450. The van der Waals surface area contributed by atoms with E-state index < -0.39 is 0 Å². The maximum absolute atomic E-state index is 4.49. The second-order valence-corrected chi connectivity index (χ2v) is 7.08. The highest BCUT2D eigenvalue weighted by Gasteiger charge is 2.43. The van der Waals surface area contributed by atoms with Crippen LogP contribution in [0.15, 0.2) is 11.6 Å². The standard InChI is InChI=1S/C15H25N3S/c1-2-5-13-10-18(11-14-16-8-9-19-14)15(12-17-13)6-3-4-7-15/h8-9,13,17H,2-7,10-12H2,1H3. The highest BCUT2D eigenvalue weighted by Crippen LogP contribution is 2.38.